The number of anilines is 2. The van der Waals surface area contributed by atoms with Crippen molar-refractivity contribution in [2.24, 2.45) is 0 Å². The second-order valence-corrected chi connectivity index (χ2v) is 8.42. The standard InChI is InChI=1S/C22H19F2N7O/c23-13-9-14-16(30-31(20(14)25-10-13)11-12-5-1-2-6-15(12)24)18-26-19-17(28-29-18)22(21(32)27-19)7-3-4-8-22/h1-2,5-6,9-10,16,30H,3-4,7-8,11H2,(H,26,27,29,32). The van der Waals surface area contributed by atoms with Gasteiger partial charge in [-0.05, 0) is 25.0 Å². The Kier molecular flexibility index (Phi) is 4.19. The molecule has 2 aromatic heterocycles. The Labute approximate surface area is 182 Å². The van der Waals surface area contributed by atoms with E-state index in [0.717, 1.165) is 31.9 Å². The highest BCUT2D eigenvalue weighted by atomic mass is 19.1. The van der Waals surface area contributed by atoms with E-state index in [0.29, 0.717) is 28.5 Å². The minimum absolute atomic E-state index is 0.0855. The normalized spacial score (nSPS) is 20.5. The zero-order valence-corrected chi connectivity index (χ0v) is 17.0. The van der Waals surface area contributed by atoms with Crippen LogP contribution in [-0.2, 0) is 16.8 Å². The number of fused-ring (bicyclic) bond motifs is 3. The molecular formula is C22H19F2N7O. The maximum atomic E-state index is 14.2. The molecule has 3 aliphatic rings. The van der Waals surface area contributed by atoms with Crippen molar-refractivity contribution in [3.8, 4) is 0 Å². The van der Waals surface area contributed by atoms with Gasteiger partial charge in [0.2, 0.25) is 5.91 Å². The summed E-state index contributed by atoms with van der Waals surface area (Å²) in [5, 5.41) is 13.2. The summed E-state index contributed by atoms with van der Waals surface area (Å²) in [4.78, 5) is 21.5. The van der Waals surface area contributed by atoms with Gasteiger partial charge in [-0.25, -0.2) is 24.2 Å². The number of benzene rings is 1. The van der Waals surface area contributed by atoms with Gasteiger partial charge in [0.25, 0.3) is 0 Å². The topological polar surface area (TPSA) is 95.9 Å². The van der Waals surface area contributed by atoms with Crippen LogP contribution in [0.1, 0.15) is 54.4 Å². The van der Waals surface area contributed by atoms with E-state index < -0.39 is 17.3 Å². The van der Waals surface area contributed by atoms with Gasteiger partial charge in [0.05, 0.1) is 18.2 Å². The number of nitrogens with one attached hydrogen (secondary N) is 2. The van der Waals surface area contributed by atoms with Crippen LogP contribution in [-0.4, -0.2) is 26.1 Å². The van der Waals surface area contributed by atoms with Gasteiger partial charge >= 0.3 is 0 Å². The van der Waals surface area contributed by atoms with Crippen molar-refractivity contribution >= 4 is 17.5 Å². The van der Waals surface area contributed by atoms with Gasteiger partial charge in [-0.1, -0.05) is 31.0 Å². The Hall–Kier alpha value is -3.53. The maximum absolute atomic E-state index is 14.2. The van der Waals surface area contributed by atoms with Crippen molar-refractivity contribution in [1.29, 1.82) is 0 Å². The molecule has 1 saturated carbocycles. The molecule has 1 unspecified atom stereocenters. The number of aromatic nitrogens is 4. The summed E-state index contributed by atoms with van der Waals surface area (Å²) in [6.45, 7) is 0.174. The van der Waals surface area contributed by atoms with Crippen molar-refractivity contribution in [2.75, 3.05) is 10.3 Å². The van der Waals surface area contributed by atoms with Crippen molar-refractivity contribution < 1.29 is 13.6 Å². The predicted octanol–water partition coefficient (Wildman–Crippen LogP) is 2.92. The molecule has 1 fully saturated rings. The number of hydrogen-bond donors (Lipinski definition) is 2. The van der Waals surface area contributed by atoms with Crippen molar-refractivity contribution in [1.82, 2.24) is 25.6 Å². The van der Waals surface area contributed by atoms with Crippen LogP contribution in [0, 0.1) is 11.6 Å². The van der Waals surface area contributed by atoms with E-state index in [9.17, 15) is 13.6 Å². The molecule has 10 heteroatoms. The number of carbonyl (C=O) groups is 1. The van der Waals surface area contributed by atoms with Gasteiger partial charge in [-0.2, -0.15) is 0 Å². The zero-order chi connectivity index (χ0) is 21.9. The van der Waals surface area contributed by atoms with E-state index in [1.807, 2.05) is 0 Å². The Bertz CT molecular complexity index is 1240. The molecule has 1 atom stereocenters. The first-order valence-corrected chi connectivity index (χ1v) is 10.5. The maximum Gasteiger partial charge on any atom is 0.238 e. The van der Waals surface area contributed by atoms with Crippen LogP contribution in [0.2, 0.25) is 0 Å². The molecule has 162 valence electrons. The van der Waals surface area contributed by atoms with E-state index in [1.54, 1.807) is 23.2 Å². The van der Waals surface area contributed by atoms with E-state index in [2.05, 4.69) is 30.9 Å². The van der Waals surface area contributed by atoms with Crippen molar-refractivity contribution in [3.05, 3.63) is 70.8 Å². The van der Waals surface area contributed by atoms with Crippen LogP contribution < -0.4 is 15.8 Å². The number of rotatable bonds is 3. The highest BCUT2D eigenvalue weighted by Gasteiger charge is 2.51. The van der Waals surface area contributed by atoms with E-state index in [-0.39, 0.29) is 24.1 Å². The van der Waals surface area contributed by atoms with Gasteiger partial charge in [0, 0.05) is 11.1 Å². The summed E-state index contributed by atoms with van der Waals surface area (Å²) in [6.07, 6.45) is 4.51. The van der Waals surface area contributed by atoms with Crippen LogP contribution >= 0.6 is 0 Å². The fraction of sp³-hybridized carbons (Fsp3) is 0.318. The van der Waals surface area contributed by atoms with Gasteiger partial charge in [0.1, 0.15) is 29.2 Å². The monoisotopic (exact) mass is 435 g/mol. The van der Waals surface area contributed by atoms with Crippen LogP contribution in [0.3, 0.4) is 0 Å². The van der Waals surface area contributed by atoms with Crippen LogP contribution in [0.25, 0.3) is 0 Å². The first-order chi connectivity index (χ1) is 15.5. The van der Waals surface area contributed by atoms with E-state index in [4.69, 9.17) is 0 Å². The van der Waals surface area contributed by atoms with Crippen LogP contribution in [0.4, 0.5) is 20.4 Å². The molecular weight excluding hydrogens is 416 g/mol. The fourth-order valence-corrected chi connectivity index (χ4v) is 4.93. The average Bonchev–Trinajstić information content (AvgIpc) is 3.48. The third-order valence-electron chi connectivity index (χ3n) is 6.54. The SMILES string of the molecule is O=C1Nc2nc(C3NN(Cc4ccccc4F)c4ncc(F)cc43)nnc2C12CCCC2. The molecule has 3 aromatic rings. The smallest absolute Gasteiger partial charge is 0.238 e. The first kappa shape index (κ1) is 19.2. The Morgan fingerprint density at radius 1 is 1.16 bits per heavy atom. The van der Waals surface area contributed by atoms with Gasteiger partial charge < -0.3 is 5.32 Å². The molecule has 0 saturated heterocycles. The summed E-state index contributed by atoms with van der Waals surface area (Å²) in [5.41, 5.74) is 4.12. The Balaban J connectivity index is 1.37. The predicted molar refractivity (Wildman–Crippen MR) is 110 cm³/mol. The molecule has 2 aliphatic heterocycles. The third kappa shape index (κ3) is 2.79. The Morgan fingerprint density at radius 2 is 1.97 bits per heavy atom. The number of halogens is 2. The lowest BCUT2D eigenvalue weighted by molar-refractivity contribution is -0.120. The Morgan fingerprint density at radius 3 is 2.78 bits per heavy atom. The summed E-state index contributed by atoms with van der Waals surface area (Å²) in [7, 11) is 0. The summed E-state index contributed by atoms with van der Waals surface area (Å²) < 4.78 is 28.3. The number of hydrogen-bond acceptors (Lipinski definition) is 7. The lowest BCUT2D eigenvalue weighted by Crippen LogP contribution is -2.35. The lowest BCUT2D eigenvalue weighted by atomic mass is 9.84. The minimum Gasteiger partial charge on any atom is -0.308 e. The molecule has 1 aromatic carbocycles. The number of nitrogens with zero attached hydrogens (tertiary/aromatic N) is 5. The van der Waals surface area contributed by atoms with Gasteiger partial charge in [0.15, 0.2) is 11.6 Å². The number of pyridine rings is 1. The second-order valence-electron chi connectivity index (χ2n) is 8.42. The molecule has 2 N–H and O–H groups in total. The molecule has 8 nitrogen and oxygen atoms in total. The molecule has 1 spiro atoms. The third-order valence-corrected chi connectivity index (χ3v) is 6.54. The lowest BCUT2D eigenvalue weighted by Gasteiger charge is -2.20. The molecule has 0 radical (unpaired) electrons. The molecule has 1 amide bonds. The van der Waals surface area contributed by atoms with Crippen molar-refractivity contribution in [2.45, 2.75) is 43.7 Å². The molecule has 1 aliphatic carbocycles. The van der Waals surface area contributed by atoms with Crippen molar-refractivity contribution in [3.63, 3.8) is 0 Å². The second kappa shape index (κ2) is 6.99. The molecule has 32 heavy (non-hydrogen) atoms. The zero-order valence-electron chi connectivity index (χ0n) is 17.0. The first-order valence-electron chi connectivity index (χ1n) is 10.5. The number of carbonyl (C=O) groups excluding carboxylic acids is 1. The van der Waals surface area contributed by atoms with Crippen LogP contribution in [0.15, 0.2) is 36.5 Å². The van der Waals surface area contributed by atoms with Crippen LogP contribution in [0.5, 0.6) is 0 Å². The van der Waals surface area contributed by atoms with E-state index in [1.165, 1.54) is 12.1 Å². The number of hydrazine groups is 1. The minimum atomic E-state index is -0.644. The highest BCUT2D eigenvalue weighted by Crippen LogP contribution is 2.47. The largest absolute Gasteiger partial charge is 0.308 e. The van der Waals surface area contributed by atoms with Gasteiger partial charge in [-0.15, -0.1) is 10.2 Å². The highest BCUT2D eigenvalue weighted by molar-refractivity contribution is 6.04. The summed E-state index contributed by atoms with van der Waals surface area (Å²) in [5.74, 6) is 0.209. The summed E-state index contributed by atoms with van der Waals surface area (Å²) in [6, 6.07) is 7.15. The van der Waals surface area contributed by atoms with Gasteiger partial charge in [-0.3, -0.25) is 9.80 Å². The molecule has 4 heterocycles. The average molecular weight is 435 g/mol. The molecule has 0 bridgehead atoms. The quantitative estimate of drug-likeness (QED) is 0.653. The van der Waals surface area contributed by atoms with E-state index >= 15 is 0 Å². The number of amides is 1. The summed E-state index contributed by atoms with van der Waals surface area (Å²) >= 11 is 0. The fourth-order valence-electron chi connectivity index (χ4n) is 4.93. The molecule has 6 rings (SSSR count).